The zero-order valence-electron chi connectivity index (χ0n) is 32.3. The van der Waals surface area contributed by atoms with Gasteiger partial charge in [-0.15, -0.1) is 0 Å². The molecule has 1 aliphatic rings. The Morgan fingerprint density at radius 1 is 0.317 bits per heavy atom. The molecule has 13 aromatic rings. The van der Waals surface area contributed by atoms with E-state index in [0.29, 0.717) is 5.95 Å². The van der Waals surface area contributed by atoms with Crippen molar-refractivity contribution in [3.63, 3.8) is 0 Å². The number of nitrogens with zero attached hydrogens (tertiary/aromatic N) is 4. The number of fused-ring (bicyclic) bond motifs is 13. The minimum absolute atomic E-state index is 0.648. The number of aromatic nitrogens is 4. The van der Waals surface area contributed by atoms with Crippen molar-refractivity contribution >= 4 is 86.8 Å². The summed E-state index contributed by atoms with van der Waals surface area (Å²) in [6.45, 7) is 0. The molecule has 276 valence electrons. The minimum Gasteiger partial charge on any atom is -0.308 e. The van der Waals surface area contributed by atoms with Gasteiger partial charge in [0.15, 0.2) is 0 Å². The third kappa shape index (κ3) is 4.19. The molecule has 0 radical (unpaired) electrons. The Labute approximate surface area is 343 Å². The van der Waals surface area contributed by atoms with Gasteiger partial charge in [-0.1, -0.05) is 158 Å². The van der Waals surface area contributed by atoms with Crippen molar-refractivity contribution in [1.82, 2.24) is 19.1 Å². The maximum absolute atomic E-state index is 5.65. The monoisotopic (exact) mass is 760 g/mol. The molecule has 0 unspecified atom stereocenters. The van der Waals surface area contributed by atoms with Crippen molar-refractivity contribution < 1.29 is 0 Å². The summed E-state index contributed by atoms with van der Waals surface area (Å²) in [4.78, 5) is 11.1. The van der Waals surface area contributed by atoms with Crippen LogP contribution in [0.5, 0.6) is 0 Å². The molecule has 14 rings (SSSR count). The van der Waals surface area contributed by atoms with Crippen LogP contribution in [-0.4, -0.2) is 19.1 Å². The van der Waals surface area contributed by atoms with Crippen molar-refractivity contribution in [2.45, 2.75) is 0 Å². The van der Waals surface area contributed by atoms with Crippen LogP contribution in [0.15, 0.2) is 194 Å². The molecule has 0 saturated heterocycles. The summed E-state index contributed by atoms with van der Waals surface area (Å²) in [5, 5.41) is 13.1. The van der Waals surface area contributed by atoms with Crippen LogP contribution in [0.2, 0.25) is 0 Å². The second-order valence-electron chi connectivity index (χ2n) is 16.1. The molecule has 0 fully saturated rings. The Hall–Kier alpha value is -8.08. The zero-order chi connectivity index (χ0) is 39.1. The highest BCUT2D eigenvalue weighted by molar-refractivity contribution is 6.23. The first-order chi connectivity index (χ1) is 29.8. The lowest BCUT2D eigenvalue weighted by atomic mass is 9.95. The standard InChI is InChI=1S/C56H32N4/c1-2-15-35-32-51-46(31-34(35)14-1)53-49(59-48-24-10-8-19-39(48)44-28-27-33-13-3-4-16-36(33)55(44)59)25-12-26-50(53)60(51)56-57-47-23-9-7-20-45(47)54(58-56)43-30-29-42-38-18-6-5-17-37(38)40-21-11-22-41(43)52(40)42/h1-32H. The first-order valence-electron chi connectivity index (χ1n) is 20.6. The SMILES string of the molecule is c1ccc2c(c1)-c1cccc3c(-c4nc(-n5c6cc7ccccc7cc6c6c(-n7c8ccccc8c8ccc9ccccc9c87)cccc65)nc5ccccc45)ccc-2c13. The summed E-state index contributed by atoms with van der Waals surface area (Å²) < 4.78 is 4.80. The Morgan fingerprint density at radius 2 is 0.950 bits per heavy atom. The van der Waals surface area contributed by atoms with Crippen molar-refractivity contribution in [2.75, 3.05) is 0 Å². The van der Waals surface area contributed by atoms with Gasteiger partial charge in [0.2, 0.25) is 5.95 Å². The Balaban J connectivity index is 1.11. The maximum atomic E-state index is 5.65. The summed E-state index contributed by atoms with van der Waals surface area (Å²) in [6, 6.07) is 70.7. The molecule has 4 nitrogen and oxygen atoms in total. The fourth-order valence-electron chi connectivity index (χ4n) is 10.5. The van der Waals surface area contributed by atoms with Gasteiger partial charge in [-0.25, -0.2) is 9.97 Å². The largest absolute Gasteiger partial charge is 0.308 e. The van der Waals surface area contributed by atoms with Crippen LogP contribution in [0.4, 0.5) is 0 Å². The highest BCUT2D eigenvalue weighted by Gasteiger charge is 2.26. The maximum Gasteiger partial charge on any atom is 0.235 e. The number of benzene rings is 10. The van der Waals surface area contributed by atoms with Gasteiger partial charge < -0.3 is 4.57 Å². The fraction of sp³-hybridized carbons (Fsp3) is 0. The Bertz CT molecular complexity index is 3990. The van der Waals surface area contributed by atoms with Gasteiger partial charge in [-0.05, 0) is 85.6 Å². The van der Waals surface area contributed by atoms with Gasteiger partial charge in [0.1, 0.15) is 0 Å². The molecule has 1 aliphatic carbocycles. The second kappa shape index (κ2) is 11.8. The van der Waals surface area contributed by atoms with Crippen LogP contribution in [0.1, 0.15) is 0 Å². The molecule has 0 bridgehead atoms. The predicted molar refractivity (Wildman–Crippen MR) is 251 cm³/mol. The van der Waals surface area contributed by atoms with E-state index in [1.807, 2.05) is 0 Å². The summed E-state index contributed by atoms with van der Waals surface area (Å²) in [5.41, 5.74) is 13.7. The molecule has 0 aliphatic heterocycles. The predicted octanol–water partition coefficient (Wildman–Crippen LogP) is 14.6. The molecule has 3 heterocycles. The molecular weight excluding hydrogens is 729 g/mol. The van der Waals surface area contributed by atoms with Crippen molar-refractivity contribution in [3.05, 3.63) is 194 Å². The zero-order valence-corrected chi connectivity index (χ0v) is 32.3. The Kier molecular flexibility index (Phi) is 6.26. The number of rotatable bonds is 3. The topological polar surface area (TPSA) is 35.6 Å². The molecule has 0 N–H and O–H groups in total. The molecule has 4 heteroatoms. The number of hydrogen-bond acceptors (Lipinski definition) is 2. The quantitative estimate of drug-likeness (QED) is 0.180. The summed E-state index contributed by atoms with van der Waals surface area (Å²) >= 11 is 0. The molecule has 3 aromatic heterocycles. The molecule has 0 saturated carbocycles. The lowest BCUT2D eigenvalue weighted by Gasteiger charge is -2.15. The molecule has 0 amide bonds. The third-order valence-electron chi connectivity index (χ3n) is 13.0. The summed E-state index contributed by atoms with van der Waals surface area (Å²) in [7, 11) is 0. The van der Waals surface area contributed by atoms with Gasteiger partial charge in [-0.3, -0.25) is 4.57 Å². The smallest absolute Gasteiger partial charge is 0.235 e. The summed E-state index contributed by atoms with van der Waals surface area (Å²) in [6.07, 6.45) is 0. The molecular formula is C56H32N4. The van der Waals surface area contributed by atoms with E-state index in [2.05, 4.69) is 203 Å². The Morgan fingerprint density at radius 3 is 1.82 bits per heavy atom. The van der Waals surface area contributed by atoms with Crippen LogP contribution in [0.25, 0.3) is 132 Å². The first kappa shape index (κ1) is 31.9. The van der Waals surface area contributed by atoms with Crippen molar-refractivity contribution in [1.29, 1.82) is 0 Å². The minimum atomic E-state index is 0.648. The first-order valence-corrected chi connectivity index (χ1v) is 20.6. The average Bonchev–Trinajstić information content (AvgIpc) is 3.94. The third-order valence-corrected chi connectivity index (χ3v) is 13.0. The number of hydrogen-bond donors (Lipinski definition) is 0. The van der Waals surface area contributed by atoms with E-state index >= 15 is 0 Å². The van der Waals surface area contributed by atoms with E-state index in [-0.39, 0.29) is 0 Å². The normalized spacial score (nSPS) is 12.3. The highest BCUT2D eigenvalue weighted by atomic mass is 15.2. The fourth-order valence-corrected chi connectivity index (χ4v) is 10.5. The van der Waals surface area contributed by atoms with Crippen LogP contribution >= 0.6 is 0 Å². The van der Waals surface area contributed by atoms with E-state index in [1.165, 1.54) is 76.4 Å². The van der Waals surface area contributed by atoms with Gasteiger partial charge in [0.25, 0.3) is 0 Å². The molecule has 10 aromatic carbocycles. The van der Waals surface area contributed by atoms with E-state index in [9.17, 15) is 0 Å². The van der Waals surface area contributed by atoms with Crippen LogP contribution in [0, 0.1) is 0 Å². The van der Waals surface area contributed by atoms with Gasteiger partial charge >= 0.3 is 0 Å². The molecule has 0 spiro atoms. The van der Waals surface area contributed by atoms with E-state index in [0.717, 1.165) is 49.7 Å². The van der Waals surface area contributed by atoms with Crippen molar-refractivity contribution in [2.24, 2.45) is 0 Å². The summed E-state index contributed by atoms with van der Waals surface area (Å²) in [5.74, 6) is 0.648. The van der Waals surface area contributed by atoms with Crippen LogP contribution in [0.3, 0.4) is 0 Å². The molecule has 60 heavy (non-hydrogen) atoms. The van der Waals surface area contributed by atoms with E-state index in [1.54, 1.807) is 0 Å². The van der Waals surface area contributed by atoms with Crippen LogP contribution < -0.4 is 0 Å². The number of para-hydroxylation sites is 2. The van der Waals surface area contributed by atoms with Gasteiger partial charge in [0, 0.05) is 37.9 Å². The lowest BCUT2D eigenvalue weighted by molar-refractivity contribution is 1.01. The van der Waals surface area contributed by atoms with Crippen LogP contribution in [-0.2, 0) is 0 Å². The highest BCUT2D eigenvalue weighted by Crippen LogP contribution is 2.50. The van der Waals surface area contributed by atoms with E-state index < -0.39 is 0 Å². The van der Waals surface area contributed by atoms with Gasteiger partial charge in [-0.2, -0.15) is 0 Å². The second-order valence-corrected chi connectivity index (χ2v) is 16.1. The van der Waals surface area contributed by atoms with Crippen molar-refractivity contribution in [3.8, 4) is 45.1 Å². The lowest BCUT2D eigenvalue weighted by Crippen LogP contribution is -2.04. The average molecular weight is 761 g/mol. The van der Waals surface area contributed by atoms with E-state index in [4.69, 9.17) is 9.97 Å². The van der Waals surface area contributed by atoms with Gasteiger partial charge in [0.05, 0.1) is 39.0 Å². The molecule has 0 atom stereocenters.